The lowest BCUT2D eigenvalue weighted by molar-refractivity contribution is 0.0211. The average molecular weight is 373 g/mol. The van der Waals surface area contributed by atoms with Gasteiger partial charge in [0.1, 0.15) is 12.4 Å². The zero-order chi connectivity index (χ0) is 18.9. The molecule has 5 nitrogen and oxygen atoms in total. The van der Waals surface area contributed by atoms with Crippen molar-refractivity contribution >= 4 is 5.91 Å². The summed E-state index contributed by atoms with van der Waals surface area (Å²) in [4.78, 5) is 17.6. The van der Waals surface area contributed by atoms with Crippen molar-refractivity contribution in [1.82, 2.24) is 9.80 Å². The van der Waals surface area contributed by atoms with Gasteiger partial charge in [0.2, 0.25) is 0 Å². The van der Waals surface area contributed by atoms with Crippen LogP contribution in [-0.2, 0) is 0 Å². The minimum absolute atomic E-state index is 0.0527. The summed E-state index contributed by atoms with van der Waals surface area (Å²) < 4.78 is 5.92. The SMILES string of the molecule is C[C@@]12CCN(C(=O)c3cccc(OCCN4CCCC4)c3)[C@@H]1CC[C@@H](O)C2. The van der Waals surface area contributed by atoms with Crippen molar-refractivity contribution in [1.29, 1.82) is 0 Å². The first-order valence-electron chi connectivity index (χ1n) is 10.5. The molecule has 27 heavy (non-hydrogen) atoms. The van der Waals surface area contributed by atoms with E-state index in [0.29, 0.717) is 12.2 Å². The highest BCUT2D eigenvalue weighted by Crippen LogP contribution is 2.47. The van der Waals surface area contributed by atoms with E-state index in [9.17, 15) is 9.90 Å². The Morgan fingerprint density at radius 3 is 2.89 bits per heavy atom. The van der Waals surface area contributed by atoms with E-state index in [0.717, 1.165) is 44.5 Å². The molecule has 0 bridgehead atoms. The summed E-state index contributed by atoms with van der Waals surface area (Å²) in [5.74, 6) is 0.881. The maximum absolute atomic E-state index is 13.2. The summed E-state index contributed by atoms with van der Waals surface area (Å²) in [7, 11) is 0. The molecule has 3 atom stereocenters. The number of carbonyl (C=O) groups excluding carboxylic acids is 1. The zero-order valence-electron chi connectivity index (χ0n) is 16.4. The molecule has 3 fully saturated rings. The molecule has 2 heterocycles. The van der Waals surface area contributed by atoms with Gasteiger partial charge in [-0.25, -0.2) is 0 Å². The lowest BCUT2D eigenvalue weighted by atomic mass is 9.71. The van der Waals surface area contributed by atoms with Crippen LogP contribution in [0.5, 0.6) is 5.75 Å². The van der Waals surface area contributed by atoms with Crippen LogP contribution in [-0.4, -0.2) is 65.7 Å². The number of ether oxygens (including phenoxy) is 1. The molecule has 0 aromatic heterocycles. The summed E-state index contributed by atoms with van der Waals surface area (Å²) in [5.41, 5.74) is 0.765. The molecule has 0 spiro atoms. The van der Waals surface area contributed by atoms with Crippen molar-refractivity contribution in [2.24, 2.45) is 5.41 Å². The molecular formula is C22H32N2O3. The van der Waals surface area contributed by atoms with Crippen LogP contribution >= 0.6 is 0 Å². The van der Waals surface area contributed by atoms with Gasteiger partial charge in [-0.3, -0.25) is 9.69 Å². The molecule has 1 saturated carbocycles. The van der Waals surface area contributed by atoms with Crippen LogP contribution in [0.1, 0.15) is 55.8 Å². The van der Waals surface area contributed by atoms with Crippen molar-refractivity contribution in [3.63, 3.8) is 0 Å². The van der Waals surface area contributed by atoms with E-state index in [2.05, 4.69) is 11.8 Å². The quantitative estimate of drug-likeness (QED) is 0.863. The van der Waals surface area contributed by atoms with Gasteiger partial charge in [0.05, 0.1) is 6.10 Å². The van der Waals surface area contributed by atoms with Crippen molar-refractivity contribution in [3.8, 4) is 5.75 Å². The third-order valence-corrected chi connectivity index (χ3v) is 6.80. The molecule has 0 unspecified atom stereocenters. The van der Waals surface area contributed by atoms with Gasteiger partial charge in [0.25, 0.3) is 5.91 Å². The van der Waals surface area contributed by atoms with Crippen LogP contribution in [0.25, 0.3) is 0 Å². The molecule has 3 aliphatic rings. The third-order valence-electron chi connectivity index (χ3n) is 6.80. The Labute approximate surface area is 162 Å². The smallest absolute Gasteiger partial charge is 0.254 e. The highest BCUT2D eigenvalue weighted by molar-refractivity contribution is 5.95. The molecule has 1 aromatic rings. The number of rotatable bonds is 5. The third kappa shape index (κ3) is 3.99. The van der Waals surface area contributed by atoms with E-state index in [1.165, 1.54) is 25.9 Å². The van der Waals surface area contributed by atoms with Crippen LogP contribution in [0.15, 0.2) is 24.3 Å². The molecular weight excluding hydrogens is 340 g/mol. The fraction of sp³-hybridized carbons (Fsp3) is 0.682. The molecule has 148 valence electrons. The first-order valence-corrected chi connectivity index (χ1v) is 10.5. The fourth-order valence-corrected chi connectivity index (χ4v) is 5.23. The predicted molar refractivity (Wildman–Crippen MR) is 105 cm³/mol. The number of aliphatic hydroxyl groups excluding tert-OH is 1. The van der Waals surface area contributed by atoms with E-state index in [1.807, 2.05) is 29.2 Å². The van der Waals surface area contributed by atoms with Gasteiger partial charge in [-0.2, -0.15) is 0 Å². The Kier molecular flexibility index (Phi) is 5.42. The Hall–Kier alpha value is -1.59. The summed E-state index contributed by atoms with van der Waals surface area (Å²) in [6.07, 6.45) is 5.84. The van der Waals surface area contributed by atoms with Gasteiger partial charge in [0, 0.05) is 24.7 Å². The molecule has 1 aromatic carbocycles. The number of carbonyl (C=O) groups is 1. The molecule has 0 radical (unpaired) electrons. The van der Waals surface area contributed by atoms with Gasteiger partial charge in [-0.05, 0) is 75.2 Å². The molecule has 1 aliphatic carbocycles. The monoisotopic (exact) mass is 372 g/mol. The number of amides is 1. The van der Waals surface area contributed by atoms with Crippen LogP contribution in [0.3, 0.4) is 0 Å². The number of benzene rings is 1. The topological polar surface area (TPSA) is 53.0 Å². The largest absolute Gasteiger partial charge is 0.492 e. The van der Waals surface area contributed by atoms with E-state index in [1.54, 1.807) is 0 Å². The zero-order valence-corrected chi connectivity index (χ0v) is 16.4. The second kappa shape index (κ2) is 7.80. The number of aliphatic hydroxyl groups is 1. The highest BCUT2D eigenvalue weighted by atomic mass is 16.5. The lowest BCUT2D eigenvalue weighted by Crippen LogP contribution is -2.46. The summed E-state index contributed by atoms with van der Waals surface area (Å²) >= 11 is 0. The van der Waals surface area contributed by atoms with Crippen LogP contribution < -0.4 is 4.74 Å². The van der Waals surface area contributed by atoms with Gasteiger partial charge in [-0.1, -0.05) is 13.0 Å². The summed E-state index contributed by atoms with van der Waals surface area (Å²) in [6.45, 7) is 6.97. The van der Waals surface area contributed by atoms with Gasteiger partial charge in [-0.15, -0.1) is 0 Å². The van der Waals surface area contributed by atoms with Crippen molar-refractivity contribution in [2.45, 2.75) is 57.6 Å². The molecule has 2 saturated heterocycles. The van der Waals surface area contributed by atoms with Crippen molar-refractivity contribution < 1.29 is 14.6 Å². The van der Waals surface area contributed by atoms with Gasteiger partial charge < -0.3 is 14.7 Å². The van der Waals surface area contributed by atoms with E-state index < -0.39 is 0 Å². The van der Waals surface area contributed by atoms with E-state index >= 15 is 0 Å². The predicted octanol–water partition coefficient (Wildman–Crippen LogP) is 2.93. The minimum atomic E-state index is -0.214. The lowest BCUT2D eigenvalue weighted by Gasteiger charge is -2.41. The van der Waals surface area contributed by atoms with Crippen molar-refractivity contribution in [3.05, 3.63) is 29.8 Å². The Balaban J connectivity index is 1.38. The Morgan fingerprint density at radius 2 is 2.07 bits per heavy atom. The van der Waals surface area contributed by atoms with Crippen molar-refractivity contribution in [2.75, 3.05) is 32.8 Å². The Bertz CT molecular complexity index is 673. The van der Waals surface area contributed by atoms with E-state index in [-0.39, 0.29) is 23.5 Å². The van der Waals surface area contributed by atoms with Crippen LogP contribution in [0, 0.1) is 5.41 Å². The van der Waals surface area contributed by atoms with Gasteiger partial charge >= 0.3 is 0 Å². The maximum Gasteiger partial charge on any atom is 0.254 e. The molecule has 5 heteroatoms. The standard InChI is InChI=1S/C22H32N2O3/c1-22-9-12-24(20(22)8-7-18(25)16-22)21(26)17-5-4-6-19(15-17)27-14-13-23-10-2-3-11-23/h4-6,15,18,20,25H,2-3,7-14,16H2,1H3/t18-,20-,22+/m1/s1. The summed E-state index contributed by atoms with van der Waals surface area (Å²) in [5, 5.41) is 10.0. The van der Waals surface area contributed by atoms with Crippen LogP contribution in [0.4, 0.5) is 0 Å². The number of hydrogen-bond acceptors (Lipinski definition) is 4. The highest BCUT2D eigenvalue weighted by Gasteiger charge is 2.48. The number of hydrogen-bond donors (Lipinski definition) is 1. The number of likely N-dealkylation sites (tertiary alicyclic amines) is 2. The molecule has 1 N–H and O–H groups in total. The van der Waals surface area contributed by atoms with Crippen LogP contribution in [0.2, 0.25) is 0 Å². The van der Waals surface area contributed by atoms with Gasteiger partial charge in [0.15, 0.2) is 0 Å². The number of fused-ring (bicyclic) bond motifs is 1. The first-order chi connectivity index (χ1) is 13.0. The second-order valence-corrected chi connectivity index (χ2v) is 8.78. The average Bonchev–Trinajstić information content (AvgIpc) is 3.28. The van der Waals surface area contributed by atoms with E-state index in [4.69, 9.17) is 4.74 Å². The molecule has 4 rings (SSSR count). The summed E-state index contributed by atoms with van der Waals surface area (Å²) in [6, 6.07) is 7.88. The first kappa shape index (κ1) is 18.8. The fourth-order valence-electron chi connectivity index (χ4n) is 5.23. The maximum atomic E-state index is 13.2. The number of nitrogens with zero attached hydrogens (tertiary/aromatic N) is 2. The normalized spacial score (nSPS) is 31.1. The molecule has 2 aliphatic heterocycles. The molecule has 1 amide bonds. The second-order valence-electron chi connectivity index (χ2n) is 8.78. The minimum Gasteiger partial charge on any atom is -0.492 e. The Morgan fingerprint density at radius 1 is 1.26 bits per heavy atom.